The Balaban J connectivity index is 2.39. The second-order valence-electron chi connectivity index (χ2n) is 3.62. The standard InChI is InChI=1S/C12H18N2O2S/c1-9-4-3-5-10(12(9)13)17-8-11(15)14-6-7-16-2/h3-5H,6-8,13H2,1-2H3,(H,14,15). The molecule has 1 aromatic rings. The van der Waals surface area contributed by atoms with Gasteiger partial charge in [0.2, 0.25) is 5.91 Å². The van der Waals surface area contributed by atoms with Gasteiger partial charge in [-0.2, -0.15) is 0 Å². The molecule has 0 saturated carbocycles. The quantitative estimate of drug-likeness (QED) is 0.458. The van der Waals surface area contributed by atoms with Gasteiger partial charge >= 0.3 is 0 Å². The van der Waals surface area contributed by atoms with Gasteiger partial charge in [-0.05, 0) is 18.6 Å². The molecular formula is C12H18N2O2S. The minimum Gasteiger partial charge on any atom is -0.398 e. The molecule has 94 valence electrons. The summed E-state index contributed by atoms with van der Waals surface area (Å²) in [5, 5.41) is 2.76. The number of thioether (sulfide) groups is 1. The number of carbonyl (C=O) groups excluding carboxylic acids is 1. The van der Waals surface area contributed by atoms with E-state index in [4.69, 9.17) is 10.5 Å². The van der Waals surface area contributed by atoms with Crippen LogP contribution in [0.15, 0.2) is 23.1 Å². The van der Waals surface area contributed by atoms with Crippen LogP contribution in [0.25, 0.3) is 0 Å². The minimum absolute atomic E-state index is 0.00652. The Bertz CT molecular complexity index is 383. The Hall–Kier alpha value is -1.20. The number of para-hydroxylation sites is 1. The van der Waals surface area contributed by atoms with Crippen molar-refractivity contribution in [2.45, 2.75) is 11.8 Å². The molecule has 0 heterocycles. The van der Waals surface area contributed by atoms with Gasteiger partial charge in [-0.15, -0.1) is 11.8 Å². The number of hydrogen-bond acceptors (Lipinski definition) is 4. The van der Waals surface area contributed by atoms with Crippen LogP contribution in [0.1, 0.15) is 5.56 Å². The first kappa shape index (κ1) is 13.9. The van der Waals surface area contributed by atoms with Gasteiger partial charge in [0.05, 0.1) is 12.4 Å². The van der Waals surface area contributed by atoms with Crippen molar-refractivity contribution >= 4 is 23.4 Å². The third-order valence-electron chi connectivity index (χ3n) is 2.27. The zero-order valence-corrected chi connectivity index (χ0v) is 11.0. The Labute approximate surface area is 106 Å². The van der Waals surface area contributed by atoms with E-state index in [-0.39, 0.29) is 5.91 Å². The van der Waals surface area contributed by atoms with E-state index in [1.165, 1.54) is 11.8 Å². The Morgan fingerprint density at radius 3 is 3.00 bits per heavy atom. The van der Waals surface area contributed by atoms with E-state index >= 15 is 0 Å². The summed E-state index contributed by atoms with van der Waals surface area (Å²) in [5.41, 5.74) is 7.71. The van der Waals surface area contributed by atoms with Crippen molar-refractivity contribution in [1.29, 1.82) is 0 Å². The summed E-state index contributed by atoms with van der Waals surface area (Å²) in [6.45, 7) is 3.03. The van der Waals surface area contributed by atoms with Crippen LogP contribution in [0.5, 0.6) is 0 Å². The summed E-state index contributed by atoms with van der Waals surface area (Å²) >= 11 is 1.45. The largest absolute Gasteiger partial charge is 0.398 e. The number of methoxy groups -OCH3 is 1. The molecule has 0 aliphatic rings. The number of ether oxygens (including phenoxy) is 1. The average molecular weight is 254 g/mol. The zero-order valence-electron chi connectivity index (χ0n) is 10.2. The van der Waals surface area contributed by atoms with Gasteiger partial charge in [-0.3, -0.25) is 4.79 Å². The summed E-state index contributed by atoms with van der Waals surface area (Å²) in [5.74, 6) is 0.366. The molecule has 4 nitrogen and oxygen atoms in total. The first-order valence-electron chi connectivity index (χ1n) is 5.38. The van der Waals surface area contributed by atoms with E-state index < -0.39 is 0 Å². The monoisotopic (exact) mass is 254 g/mol. The molecular weight excluding hydrogens is 236 g/mol. The molecule has 1 aromatic carbocycles. The van der Waals surface area contributed by atoms with Crippen molar-refractivity contribution in [3.05, 3.63) is 23.8 Å². The van der Waals surface area contributed by atoms with Gasteiger partial charge < -0.3 is 15.8 Å². The van der Waals surface area contributed by atoms with Crippen molar-refractivity contribution in [3.8, 4) is 0 Å². The number of benzene rings is 1. The van der Waals surface area contributed by atoms with Crippen molar-refractivity contribution < 1.29 is 9.53 Å². The molecule has 0 aromatic heterocycles. The Kier molecular flexibility index (Phi) is 5.86. The highest BCUT2D eigenvalue weighted by Crippen LogP contribution is 2.26. The van der Waals surface area contributed by atoms with Crippen LogP contribution < -0.4 is 11.1 Å². The molecule has 0 spiro atoms. The third kappa shape index (κ3) is 4.66. The number of carbonyl (C=O) groups is 1. The molecule has 0 radical (unpaired) electrons. The fraction of sp³-hybridized carbons (Fsp3) is 0.417. The van der Waals surface area contributed by atoms with E-state index in [1.54, 1.807) is 7.11 Å². The van der Waals surface area contributed by atoms with Crippen LogP contribution in [0.2, 0.25) is 0 Å². The molecule has 3 N–H and O–H groups in total. The van der Waals surface area contributed by atoms with E-state index in [0.717, 1.165) is 16.1 Å². The van der Waals surface area contributed by atoms with Crippen molar-refractivity contribution in [2.75, 3.05) is 31.7 Å². The van der Waals surface area contributed by atoms with Crippen LogP contribution in [0.4, 0.5) is 5.69 Å². The Morgan fingerprint density at radius 1 is 1.53 bits per heavy atom. The molecule has 0 aliphatic heterocycles. The fourth-order valence-corrected chi connectivity index (χ4v) is 2.15. The van der Waals surface area contributed by atoms with Gasteiger partial charge in [-0.25, -0.2) is 0 Å². The maximum Gasteiger partial charge on any atom is 0.230 e. The van der Waals surface area contributed by atoms with Gasteiger partial charge in [0.1, 0.15) is 0 Å². The summed E-state index contributed by atoms with van der Waals surface area (Å²) in [4.78, 5) is 12.4. The predicted octanol–water partition coefficient (Wildman–Crippen LogP) is 1.43. The van der Waals surface area contributed by atoms with Crippen molar-refractivity contribution in [3.63, 3.8) is 0 Å². The maximum atomic E-state index is 11.5. The lowest BCUT2D eigenvalue weighted by Crippen LogP contribution is -2.28. The number of rotatable bonds is 6. The number of anilines is 1. The zero-order chi connectivity index (χ0) is 12.7. The highest BCUT2D eigenvalue weighted by Gasteiger charge is 2.05. The topological polar surface area (TPSA) is 64.3 Å². The third-order valence-corrected chi connectivity index (χ3v) is 3.34. The second kappa shape index (κ2) is 7.19. The second-order valence-corrected chi connectivity index (χ2v) is 4.64. The number of nitrogens with one attached hydrogen (secondary N) is 1. The molecule has 0 unspecified atom stereocenters. The molecule has 0 fully saturated rings. The van der Waals surface area contributed by atoms with E-state index in [0.29, 0.717) is 18.9 Å². The van der Waals surface area contributed by atoms with Crippen LogP contribution in [-0.2, 0) is 9.53 Å². The average Bonchev–Trinajstić information content (AvgIpc) is 2.31. The summed E-state index contributed by atoms with van der Waals surface area (Å²) < 4.78 is 4.85. The minimum atomic E-state index is -0.00652. The number of aryl methyl sites for hydroxylation is 1. The number of hydrogen-bond donors (Lipinski definition) is 2. The fourth-order valence-electron chi connectivity index (χ4n) is 1.27. The lowest BCUT2D eigenvalue weighted by molar-refractivity contribution is -0.118. The first-order chi connectivity index (χ1) is 8.15. The molecule has 17 heavy (non-hydrogen) atoms. The summed E-state index contributed by atoms with van der Waals surface area (Å²) in [7, 11) is 1.61. The van der Waals surface area contributed by atoms with E-state index in [9.17, 15) is 4.79 Å². The SMILES string of the molecule is COCCNC(=O)CSc1cccc(C)c1N. The number of nitrogen functional groups attached to an aromatic ring is 1. The van der Waals surface area contributed by atoms with Crippen molar-refractivity contribution in [1.82, 2.24) is 5.32 Å². The lowest BCUT2D eigenvalue weighted by atomic mass is 10.2. The Morgan fingerprint density at radius 2 is 2.29 bits per heavy atom. The summed E-state index contributed by atoms with van der Waals surface area (Å²) in [6, 6.07) is 5.82. The lowest BCUT2D eigenvalue weighted by Gasteiger charge is -2.08. The number of amides is 1. The molecule has 1 rings (SSSR count). The van der Waals surface area contributed by atoms with E-state index in [2.05, 4.69) is 5.32 Å². The molecule has 5 heteroatoms. The highest BCUT2D eigenvalue weighted by atomic mass is 32.2. The normalized spacial score (nSPS) is 10.2. The number of nitrogens with two attached hydrogens (primary N) is 1. The summed E-state index contributed by atoms with van der Waals surface area (Å²) in [6.07, 6.45) is 0. The molecule has 0 aliphatic carbocycles. The van der Waals surface area contributed by atoms with Crippen LogP contribution in [0, 0.1) is 6.92 Å². The molecule has 0 bridgehead atoms. The van der Waals surface area contributed by atoms with Crippen molar-refractivity contribution in [2.24, 2.45) is 0 Å². The van der Waals surface area contributed by atoms with Crippen LogP contribution >= 0.6 is 11.8 Å². The van der Waals surface area contributed by atoms with Gasteiger partial charge in [0.25, 0.3) is 0 Å². The van der Waals surface area contributed by atoms with Gasteiger partial charge in [-0.1, -0.05) is 12.1 Å². The maximum absolute atomic E-state index is 11.5. The van der Waals surface area contributed by atoms with Gasteiger partial charge in [0.15, 0.2) is 0 Å². The molecule has 1 amide bonds. The predicted molar refractivity (Wildman–Crippen MR) is 71.2 cm³/mol. The van der Waals surface area contributed by atoms with Crippen LogP contribution in [0.3, 0.4) is 0 Å². The van der Waals surface area contributed by atoms with Crippen LogP contribution in [-0.4, -0.2) is 31.9 Å². The smallest absolute Gasteiger partial charge is 0.230 e. The van der Waals surface area contributed by atoms with E-state index in [1.807, 2.05) is 25.1 Å². The van der Waals surface area contributed by atoms with Gasteiger partial charge in [0, 0.05) is 24.2 Å². The molecule has 0 saturated heterocycles. The highest BCUT2D eigenvalue weighted by molar-refractivity contribution is 8.00. The first-order valence-corrected chi connectivity index (χ1v) is 6.37. The molecule has 0 atom stereocenters.